The van der Waals surface area contributed by atoms with Gasteiger partial charge in [-0.25, -0.2) is 0 Å². The lowest BCUT2D eigenvalue weighted by atomic mass is 9.97. The van der Waals surface area contributed by atoms with Crippen molar-refractivity contribution < 1.29 is 9.47 Å². The van der Waals surface area contributed by atoms with E-state index in [1.165, 1.54) is 0 Å². The average Bonchev–Trinajstić information content (AvgIpc) is 2.35. The molecule has 0 aliphatic rings. The average molecular weight is 237 g/mol. The van der Waals surface area contributed by atoms with E-state index in [2.05, 4.69) is 20.8 Å². The van der Waals surface area contributed by atoms with Crippen molar-refractivity contribution in [2.24, 2.45) is 11.7 Å². The molecule has 0 radical (unpaired) electrons. The predicted molar refractivity (Wildman–Crippen MR) is 70.5 cm³/mol. The lowest BCUT2D eigenvalue weighted by Gasteiger charge is -2.18. The quantitative estimate of drug-likeness (QED) is 0.826. The summed E-state index contributed by atoms with van der Waals surface area (Å²) in [4.78, 5) is 0. The molecular formula is C14H23NO2. The maximum atomic E-state index is 6.12. The Hall–Kier alpha value is -1.22. The van der Waals surface area contributed by atoms with Gasteiger partial charge in [-0.2, -0.15) is 0 Å². The van der Waals surface area contributed by atoms with E-state index in [1.807, 2.05) is 18.2 Å². The summed E-state index contributed by atoms with van der Waals surface area (Å²) in [5, 5.41) is 0. The molecule has 3 heteroatoms. The van der Waals surface area contributed by atoms with Crippen LogP contribution in [0, 0.1) is 5.92 Å². The van der Waals surface area contributed by atoms with Crippen molar-refractivity contribution in [2.75, 3.05) is 13.7 Å². The Kier molecular flexibility index (Phi) is 5.29. The van der Waals surface area contributed by atoms with Crippen LogP contribution in [0.25, 0.3) is 0 Å². The highest BCUT2D eigenvalue weighted by atomic mass is 16.5. The van der Waals surface area contributed by atoms with Crippen molar-refractivity contribution >= 4 is 0 Å². The van der Waals surface area contributed by atoms with E-state index in [0.717, 1.165) is 23.5 Å². The summed E-state index contributed by atoms with van der Waals surface area (Å²) >= 11 is 0. The van der Waals surface area contributed by atoms with Crippen LogP contribution in [0.5, 0.6) is 11.5 Å². The van der Waals surface area contributed by atoms with Crippen molar-refractivity contribution in [3.8, 4) is 11.5 Å². The number of rotatable bonds is 6. The van der Waals surface area contributed by atoms with Gasteiger partial charge in [-0.15, -0.1) is 0 Å². The largest absolute Gasteiger partial charge is 0.493 e. The Morgan fingerprint density at radius 3 is 2.47 bits per heavy atom. The third kappa shape index (κ3) is 3.63. The molecule has 0 aromatic heterocycles. The SMILES string of the molecule is CCCOc1ccc([C@@H](N)C(C)C)cc1OC. The standard InChI is InChI=1S/C14H23NO2/c1-5-8-17-12-7-6-11(9-13(12)16-4)14(15)10(2)3/h6-7,9-10,14H,5,8,15H2,1-4H3/t14-/m0/s1. The van der Waals surface area contributed by atoms with E-state index in [-0.39, 0.29) is 6.04 Å². The number of hydrogen-bond acceptors (Lipinski definition) is 3. The zero-order valence-corrected chi connectivity index (χ0v) is 11.2. The van der Waals surface area contributed by atoms with Crippen molar-refractivity contribution in [1.29, 1.82) is 0 Å². The molecule has 1 rings (SSSR count). The fraction of sp³-hybridized carbons (Fsp3) is 0.571. The summed E-state index contributed by atoms with van der Waals surface area (Å²) in [6, 6.07) is 5.95. The van der Waals surface area contributed by atoms with Crippen molar-refractivity contribution in [1.82, 2.24) is 0 Å². The zero-order valence-electron chi connectivity index (χ0n) is 11.2. The van der Waals surface area contributed by atoms with Crippen molar-refractivity contribution in [2.45, 2.75) is 33.2 Å². The van der Waals surface area contributed by atoms with Gasteiger partial charge in [0.15, 0.2) is 11.5 Å². The van der Waals surface area contributed by atoms with Crippen LogP contribution in [-0.2, 0) is 0 Å². The minimum atomic E-state index is 0.0316. The molecule has 0 aliphatic heterocycles. The summed E-state index contributed by atoms with van der Waals surface area (Å²) in [7, 11) is 1.65. The fourth-order valence-electron chi connectivity index (χ4n) is 1.61. The van der Waals surface area contributed by atoms with Crippen LogP contribution in [-0.4, -0.2) is 13.7 Å². The van der Waals surface area contributed by atoms with Gasteiger partial charge in [0.05, 0.1) is 13.7 Å². The molecule has 96 valence electrons. The Bertz CT molecular complexity index is 350. The smallest absolute Gasteiger partial charge is 0.161 e. The van der Waals surface area contributed by atoms with Gasteiger partial charge in [0.25, 0.3) is 0 Å². The van der Waals surface area contributed by atoms with Crippen LogP contribution in [0.1, 0.15) is 38.8 Å². The molecule has 0 saturated heterocycles. The monoisotopic (exact) mass is 237 g/mol. The summed E-state index contributed by atoms with van der Waals surface area (Å²) in [5.41, 5.74) is 7.20. The summed E-state index contributed by atoms with van der Waals surface area (Å²) in [6.07, 6.45) is 0.983. The van der Waals surface area contributed by atoms with Gasteiger partial charge in [0.1, 0.15) is 0 Å². The van der Waals surface area contributed by atoms with Gasteiger partial charge in [-0.1, -0.05) is 26.8 Å². The zero-order chi connectivity index (χ0) is 12.8. The Labute approximate surface area is 104 Å². The van der Waals surface area contributed by atoms with Gasteiger partial charge >= 0.3 is 0 Å². The molecule has 0 amide bonds. The van der Waals surface area contributed by atoms with Crippen LogP contribution in [0.15, 0.2) is 18.2 Å². The predicted octanol–water partition coefficient (Wildman–Crippen LogP) is 3.14. The number of benzene rings is 1. The number of methoxy groups -OCH3 is 1. The molecule has 1 aromatic carbocycles. The Balaban J connectivity index is 2.91. The summed E-state index contributed by atoms with van der Waals surface area (Å²) in [6.45, 7) is 7.00. The summed E-state index contributed by atoms with van der Waals surface area (Å²) in [5.74, 6) is 1.95. The molecule has 17 heavy (non-hydrogen) atoms. The molecule has 1 atom stereocenters. The minimum Gasteiger partial charge on any atom is -0.493 e. The van der Waals surface area contributed by atoms with Gasteiger partial charge in [-0.3, -0.25) is 0 Å². The van der Waals surface area contributed by atoms with Crippen molar-refractivity contribution in [3.63, 3.8) is 0 Å². The van der Waals surface area contributed by atoms with Crippen LogP contribution >= 0.6 is 0 Å². The van der Waals surface area contributed by atoms with Gasteiger partial charge in [0, 0.05) is 6.04 Å². The second-order valence-electron chi connectivity index (χ2n) is 4.53. The molecule has 1 aromatic rings. The van der Waals surface area contributed by atoms with Crippen LogP contribution < -0.4 is 15.2 Å². The van der Waals surface area contributed by atoms with Crippen LogP contribution in [0.2, 0.25) is 0 Å². The van der Waals surface area contributed by atoms with E-state index < -0.39 is 0 Å². The van der Waals surface area contributed by atoms with Gasteiger partial charge in [0.2, 0.25) is 0 Å². The maximum absolute atomic E-state index is 6.12. The van der Waals surface area contributed by atoms with E-state index in [4.69, 9.17) is 15.2 Å². The van der Waals surface area contributed by atoms with Gasteiger partial charge < -0.3 is 15.2 Å². The van der Waals surface area contributed by atoms with Gasteiger partial charge in [-0.05, 0) is 30.0 Å². The first kappa shape index (κ1) is 13.8. The third-order valence-electron chi connectivity index (χ3n) is 2.75. The normalized spacial score (nSPS) is 12.6. The van der Waals surface area contributed by atoms with Crippen LogP contribution in [0.4, 0.5) is 0 Å². The number of ether oxygens (including phenoxy) is 2. The topological polar surface area (TPSA) is 44.5 Å². The van der Waals surface area contributed by atoms with E-state index in [9.17, 15) is 0 Å². The highest BCUT2D eigenvalue weighted by Crippen LogP contribution is 2.31. The molecule has 3 nitrogen and oxygen atoms in total. The first-order valence-electron chi connectivity index (χ1n) is 6.16. The molecule has 0 spiro atoms. The third-order valence-corrected chi connectivity index (χ3v) is 2.75. The first-order valence-corrected chi connectivity index (χ1v) is 6.16. The molecule has 0 saturated carbocycles. The van der Waals surface area contributed by atoms with Crippen LogP contribution in [0.3, 0.4) is 0 Å². The Morgan fingerprint density at radius 1 is 1.24 bits per heavy atom. The molecule has 0 fully saturated rings. The number of nitrogens with two attached hydrogens (primary N) is 1. The maximum Gasteiger partial charge on any atom is 0.161 e. The fourth-order valence-corrected chi connectivity index (χ4v) is 1.61. The molecule has 2 N–H and O–H groups in total. The van der Waals surface area contributed by atoms with E-state index in [1.54, 1.807) is 7.11 Å². The van der Waals surface area contributed by atoms with Crippen molar-refractivity contribution in [3.05, 3.63) is 23.8 Å². The highest BCUT2D eigenvalue weighted by molar-refractivity contribution is 5.43. The Morgan fingerprint density at radius 2 is 1.94 bits per heavy atom. The lowest BCUT2D eigenvalue weighted by molar-refractivity contribution is 0.294. The number of hydrogen-bond donors (Lipinski definition) is 1. The molecule has 0 bridgehead atoms. The first-order chi connectivity index (χ1) is 8.10. The second kappa shape index (κ2) is 6.50. The van der Waals surface area contributed by atoms with E-state index in [0.29, 0.717) is 12.5 Å². The molecule has 0 aliphatic carbocycles. The highest BCUT2D eigenvalue weighted by Gasteiger charge is 2.13. The molecule has 0 heterocycles. The molecule has 0 unspecified atom stereocenters. The lowest BCUT2D eigenvalue weighted by Crippen LogP contribution is -2.16. The van der Waals surface area contributed by atoms with E-state index >= 15 is 0 Å². The second-order valence-corrected chi connectivity index (χ2v) is 4.53. The summed E-state index contributed by atoms with van der Waals surface area (Å²) < 4.78 is 10.9. The molecular weight excluding hydrogens is 214 g/mol. The minimum absolute atomic E-state index is 0.0316.